The third kappa shape index (κ3) is 2.00. The zero-order chi connectivity index (χ0) is 10.7. The van der Waals surface area contributed by atoms with Crippen molar-refractivity contribution >= 4 is 16.8 Å². The molecular formula is C13H14N2. The van der Waals surface area contributed by atoms with E-state index in [0.717, 1.165) is 5.56 Å². The van der Waals surface area contributed by atoms with Gasteiger partial charge in [-0.05, 0) is 22.4 Å². The van der Waals surface area contributed by atoms with E-state index in [2.05, 4.69) is 18.2 Å². The minimum Gasteiger partial charge on any atom is -0.401 e. The van der Waals surface area contributed by atoms with Gasteiger partial charge in [0.25, 0.3) is 0 Å². The molecule has 2 rings (SSSR count). The summed E-state index contributed by atoms with van der Waals surface area (Å²) in [5.41, 5.74) is 13.0. The van der Waals surface area contributed by atoms with Gasteiger partial charge in [-0.25, -0.2) is 0 Å². The minimum absolute atomic E-state index is 0.392. The van der Waals surface area contributed by atoms with Crippen LogP contribution in [0.25, 0.3) is 16.8 Å². The number of hydrogen-bond donors (Lipinski definition) is 2. The van der Waals surface area contributed by atoms with Gasteiger partial charge in [0.05, 0.1) is 0 Å². The van der Waals surface area contributed by atoms with E-state index in [1.807, 2.05) is 30.3 Å². The molecule has 0 aromatic heterocycles. The van der Waals surface area contributed by atoms with Crippen LogP contribution in [0, 0.1) is 0 Å². The second kappa shape index (κ2) is 4.15. The van der Waals surface area contributed by atoms with E-state index in [-0.39, 0.29) is 0 Å². The van der Waals surface area contributed by atoms with Crippen LogP contribution in [0.2, 0.25) is 0 Å². The van der Waals surface area contributed by atoms with Crippen LogP contribution in [0.4, 0.5) is 0 Å². The maximum Gasteiger partial charge on any atom is 0.0327 e. The third-order valence-corrected chi connectivity index (χ3v) is 2.40. The van der Waals surface area contributed by atoms with E-state index >= 15 is 0 Å². The molecule has 2 heteroatoms. The van der Waals surface area contributed by atoms with Gasteiger partial charge in [-0.3, -0.25) is 0 Å². The van der Waals surface area contributed by atoms with Crippen molar-refractivity contribution in [2.45, 2.75) is 0 Å². The lowest BCUT2D eigenvalue weighted by Crippen LogP contribution is -2.10. The Kier molecular flexibility index (Phi) is 2.70. The summed E-state index contributed by atoms with van der Waals surface area (Å²) >= 11 is 0. The fourth-order valence-electron chi connectivity index (χ4n) is 1.63. The van der Waals surface area contributed by atoms with Crippen molar-refractivity contribution in [3.8, 4) is 0 Å². The Bertz CT molecular complexity index is 495. The van der Waals surface area contributed by atoms with Crippen LogP contribution in [0.3, 0.4) is 0 Å². The molecular weight excluding hydrogens is 184 g/mol. The maximum absolute atomic E-state index is 5.73. The van der Waals surface area contributed by atoms with Gasteiger partial charge >= 0.3 is 0 Å². The number of nitrogens with two attached hydrogens (primary N) is 2. The number of fused-ring (bicyclic) bond motifs is 1. The molecule has 0 aliphatic carbocycles. The molecule has 0 radical (unpaired) electrons. The van der Waals surface area contributed by atoms with Gasteiger partial charge in [0, 0.05) is 12.2 Å². The van der Waals surface area contributed by atoms with Crippen molar-refractivity contribution in [1.29, 1.82) is 0 Å². The van der Waals surface area contributed by atoms with Crippen LogP contribution in [0.1, 0.15) is 5.56 Å². The van der Waals surface area contributed by atoms with Crippen LogP contribution in [-0.2, 0) is 0 Å². The standard InChI is InChI=1S/C13H14N2/c14-9-12(15)8-11-6-3-5-10-4-1-2-7-13(10)11/h1-8H,9,14-15H2/b12-8+. The topological polar surface area (TPSA) is 52.0 Å². The molecule has 2 aromatic rings. The smallest absolute Gasteiger partial charge is 0.0327 e. The van der Waals surface area contributed by atoms with E-state index in [1.54, 1.807) is 0 Å². The monoisotopic (exact) mass is 198 g/mol. The Hall–Kier alpha value is -1.80. The number of benzene rings is 2. The van der Waals surface area contributed by atoms with Crippen molar-refractivity contribution in [3.63, 3.8) is 0 Å². The first-order chi connectivity index (χ1) is 7.31. The minimum atomic E-state index is 0.392. The van der Waals surface area contributed by atoms with Gasteiger partial charge in [-0.15, -0.1) is 0 Å². The highest BCUT2D eigenvalue weighted by Gasteiger charge is 1.97. The number of hydrogen-bond acceptors (Lipinski definition) is 2. The van der Waals surface area contributed by atoms with Crippen LogP contribution in [-0.4, -0.2) is 6.54 Å². The second-order valence-corrected chi connectivity index (χ2v) is 3.49. The molecule has 0 aliphatic rings. The summed E-state index contributed by atoms with van der Waals surface area (Å²) in [7, 11) is 0. The molecule has 15 heavy (non-hydrogen) atoms. The lowest BCUT2D eigenvalue weighted by Gasteiger charge is -2.03. The van der Waals surface area contributed by atoms with E-state index < -0.39 is 0 Å². The Balaban J connectivity index is 2.61. The highest BCUT2D eigenvalue weighted by Crippen LogP contribution is 2.19. The second-order valence-electron chi connectivity index (χ2n) is 3.49. The largest absolute Gasteiger partial charge is 0.401 e. The first-order valence-electron chi connectivity index (χ1n) is 4.95. The molecule has 0 aliphatic heterocycles. The molecule has 0 bridgehead atoms. The Morgan fingerprint density at radius 3 is 2.60 bits per heavy atom. The lowest BCUT2D eigenvalue weighted by atomic mass is 10.0. The zero-order valence-electron chi connectivity index (χ0n) is 8.48. The highest BCUT2D eigenvalue weighted by atomic mass is 14.7. The van der Waals surface area contributed by atoms with Crippen LogP contribution < -0.4 is 11.5 Å². The summed E-state index contributed by atoms with van der Waals surface area (Å²) in [6.45, 7) is 0.392. The summed E-state index contributed by atoms with van der Waals surface area (Å²) in [5.74, 6) is 0. The maximum atomic E-state index is 5.73. The third-order valence-electron chi connectivity index (χ3n) is 2.40. The number of rotatable bonds is 2. The molecule has 0 saturated heterocycles. The average Bonchev–Trinajstić information content (AvgIpc) is 2.29. The summed E-state index contributed by atoms with van der Waals surface area (Å²) < 4.78 is 0. The van der Waals surface area contributed by atoms with Crippen molar-refractivity contribution in [2.24, 2.45) is 11.5 Å². The Labute approximate surface area is 89.2 Å². The quantitative estimate of drug-likeness (QED) is 0.776. The fourth-order valence-corrected chi connectivity index (χ4v) is 1.63. The summed E-state index contributed by atoms with van der Waals surface area (Å²) in [6, 6.07) is 14.4. The van der Waals surface area contributed by atoms with Crippen molar-refractivity contribution < 1.29 is 0 Å². The molecule has 0 fully saturated rings. The molecule has 0 amide bonds. The molecule has 0 unspecified atom stereocenters. The predicted molar refractivity (Wildman–Crippen MR) is 65.2 cm³/mol. The van der Waals surface area contributed by atoms with E-state index in [1.165, 1.54) is 10.8 Å². The highest BCUT2D eigenvalue weighted by molar-refractivity contribution is 5.90. The molecule has 4 N–H and O–H groups in total. The SMILES string of the molecule is NC/C(N)=C\c1cccc2ccccc12. The molecule has 0 atom stereocenters. The summed E-state index contributed by atoms with van der Waals surface area (Å²) in [6.07, 6.45) is 1.93. The normalized spacial score (nSPS) is 11.9. The van der Waals surface area contributed by atoms with Gasteiger partial charge in [0.1, 0.15) is 0 Å². The van der Waals surface area contributed by atoms with Crippen molar-refractivity contribution in [2.75, 3.05) is 6.54 Å². The average molecular weight is 198 g/mol. The molecule has 0 heterocycles. The van der Waals surface area contributed by atoms with E-state index in [9.17, 15) is 0 Å². The van der Waals surface area contributed by atoms with Gasteiger partial charge in [0.15, 0.2) is 0 Å². The van der Waals surface area contributed by atoms with Gasteiger partial charge in [-0.2, -0.15) is 0 Å². The van der Waals surface area contributed by atoms with Crippen molar-refractivity contribution in [3.05, 3.63) is 53.7 Å². The Morgan fingerprint density at radius 1 is 1.07 bits per heavy atom. The van der Waals surface area contributed by atoms with Crippen LogP contribution >= 0.6 is 0 Å². The zero-order valence-corrected chi connectivity index (χ0v) is 8.48. The van der Waals surface area contributed by atoms with E-state index in [0.29, 0.717) is 12.2 Å². The fraction of sp³-hybridized carbons (Fsp3) is 0.0769. The first kappa shape index (κ1) is 9.74. The Morgan fingerprint density at radius 2 is 1.80 bits per heavy atom. The van der Waals surface area contributed by atoms with Crippen LogP contribution in [0.15, 0.2) is 48.2 Å². The molecule has 0 spiro atoms. The van der Waals surface area contributed by atoms with Gasteiger partial charge < -0.3 is 11.5 Å². The first-order valence-corrected chi connectivity index (χ1v) is 4.95. The van der Waals surface area contributed by atoms with E-state index in [4.69, 9.17) is 11.5 Å². The van der Waals surface area contributed by atoms with Gasteiger partial charge in [-0.1, -0.05) is 42.5 Å². The molecule has 2 aromatic carbocycles. The van der Waals surface area contributed by atoms with Crippen molar-refractivity contribution in [1.82, 2.24) is 0 Å². The lowest BCUT2D eigenvalue weighted by molar-refractivity contribution is 1.12. The molecule has 2 nitrogen and oxygen atoms in total. The van der Waals surface area contributed by atoms with Gasteiger partial charge in [0.2, 0.25) is 0 Å². The summed E-state index contributed by atoms with van der Waals surface area (Å²) in [5, 5.41) is 2.42. The molecule has 76 valence electrons. The predicted octanol–water partition coefficient (Wildman–Crippen LogP) is 2.10. The summed E-state index contributed by atoms with van der Waals surface area (Å²) in [4.78, 5) is 0. The molecule has 0 saturated carbocycles. The van der Waals surface area contributed by atoms with Crippen LogP contribution in [0.5, 0.6) is 0 Å².